The third-order valence-corrected chi connectivity index (χ3v) is 7.96. The van der Waals surface area contributed by atoms with Crippen molar-refractivity contribution in [3.63, 3.8) is 0 Å². The van der Waals surface area contributed by atoms with Crippen LogP contribution in [0.4, 0.5) is 5.69 Å². The second-order valence-electron chi connectivity index (χ2n) is 6.97. The van der Waals surface area contributed by atoms with Crippen LogP contribution in [0.2, 0.25) is 0 Å². The smallest absolute Gasteiger partial charge is 0.344 e. The van der Waals surface area contributed by atoms with Gasteiger partial charge in [0, 0.05) is 22.0 Å². The minimum Gasteiger partial charge on any atom is -0.462 e. The van der Waals surface area contributed by atoms with Crippen molar-refractivity contribution in [2.45, 2.75) is 20.8 Å². The van der Waals surface area contributed by atoms with Gasteiger partial charge in [0.1, 0.15) is 5.31 Å². The Hall–Kier alpha value is -3.10. The molecule has 0 aliphatic carbocycles. The van der Waals surface area contributed by atoms with Crippen LogP contribution in [0.15, 0.2) is 95.9 Å². The van der Waals surface area contributed by atoms with E-state index in [9.17, 15) is 9.36 Å². The SMILES string of the molecule is CCOC(=O)/C(=C(\C)Nc1ccc(C)cc1)P(=O)(c1ccccc1)c1ccccc1. The second kappa shape index (κ2) is 9.60. The molecular formula is C25H26NO3P. The highest BCUT2D eigenvalue weighted by Crippen LogP contribution is 2.53. The van der Waals surface area contributed by atoms with Gasteiger partial charge in [0.25, 0.3) is 0 Å². The monoisotopic (exact) mass is 419 g/mol. The molecule has 5 heteroatoms. The van der Waals surface area contributed by atoms with E-state index in [1.807, 2.05) is 67.6 Å². The van der Waals surface area contributed by atoms with E-state index in [-0.39, 0.29) is 11.9 Å². The molecule has 0 saturated carbocycles. The van der Waals surface area contributed by atoms with Crippen LogP contribution in [0.3, 0.4) is 0 Å². The molecule has 0 bridgehead atoms. The number of hydrogen-bond acceptors (Lipinski definition) is 4. The van der Waals surface area contributed by atoms with Crippen LogP contribution in [-0.4, -0.2) is 12.6 Å². The van der Waals surface area contributed by atoms with Crippen molar-refractivity contribution in [2.75, 3.05) is 11.9 Å². The minimum absolute atomic E-state index is 0.155. The van der Waals surface area contributed by atoms with Crippen molar-refractivity contribution >= 4 is 29.4 Å². The van der Waals surface area contributed by atoms with Gasteiger partial charge in [-0.05, 0) is 32.9 Å². The predicted octanol–water partition coefficient (Wildman–Crippen LogP) is 5.22. The molecule has 0 aliphatic heterocycles. The summed E-state index contributed by atoms with van der Waals surface area (Å²) in [6.07, 6.45) is 0. The summed E-state index contributed by atoms with van der Waals surface area (Å²) in [5, 5.41) is 4.59. The average Bonchev–Trinajstić information content (AvgIpc) is 2.77. The molecule has 3 aromatic carbocycles. The number of carbonyl (C=O) groups is 1. The minimum atomic E-state index is -3.48. The number of aryl methyl sites for hydroxylation is 1. The fourth-order valence-corrected chi connectivity index (χ4v) is 6.16. The summed E-state index contributed by atoms with van der Waals surface area (Å²) in [5.41, 5.74) is 2.45. The van der Waals surface area contributed by atoms with Crippen LogP contribution in [0, 0.1) is 6.92 Å². The van der Waals surface area contributed by atoms with E-state index in [1.165, 1.54) is 0 Å². The van der Waals surface area contributed by atoms with E-state index >= 15 is 0 Å². The third kappa shape index (κ3) is 4.55. The zero-order valence-corrected chi connectivity index (χ0v) is 18.4. The van der Waals surface area contributed by atoms with Crippen molar-refractivity contribution in [2.24, 2.45) is 0 Å². The van der Waals surface area contributed by atoms with Crippen LogP contribution in [0.5, 0.6) is 0 Å². The summed E-state index contributed by atoms with van der Waals surface area (Å²) < 4.78 is 20.1. The van der Waals surface area contributed by atoms with E-state index in [1.54, 1.807) is 38.1 Å². The first kappa shape index (κ1) is 21.6. The van der Waals surface area contributed by atoms with Crippen LogP contribution < -0.4 is 15.9 Å². The van der Waals surface area contributed by atoms with Gasteiger partial charge < -0.3 is 14.6 Å². The fourth-order valence-electron chi connectivity index (χ4n) is 3.31. The van der Waals surface area contributed by atoms with Crippen LogP contribution in [0.1, 0.15) is 19.4 Å². The largest absolute Gasteiger partial charge is 0.462 e. The summed E-state index contributed by atoms with van der Waals surface area (Å²) in [6.45, 7) is 5.72. The zero-order chi connectivity index (χ0) is 21.6. The van der Waals surface area contributed by atoms with Gasteiger partial charge in [0.2, 0.25) is 0 Å². The maximum atomic E-state index is 14.7. The Balaban J connectivity index is 2.23. The molecule has 0 atom stereocenters. The molecule has 0 unspecified atom stereocenters. The standard InChI is InChI=1S/C25H26NO3P/c1-4-29-25(27)24(20(3)26-21-17-15-19(2)16-18-21)30(28,22-11-7-5-8-12-22)23-13-9-6-10-14-23/h5-18,26H,4H2,1-3H3/b24-20-. The van der Waals surface area contributed by atoms with E-state index in [4.69, 9.17) is 4.74 Å². The number of ether oxygens (including phenoxy) is 1. The molecule has 154 valence electrons. The summed E-state index contributed by atoms with van der Waals surface area (Å²) in [4.78, 5) is 13.1. The molecule has 0 amide bonds. The Kier molecular flexibility index (Phi) is 6.91. The number of carbonyl (C=O) groups excluding carboxylic acids is 1. The summed E-state index contributed by atoms with van der Waals surface area (Å²) in [7, 11) is -3.48. The highest BCUT2D eigenvalue weighted by Gasteiger charge is 2.38. The number of benzene rings is 3. The fraction of sp³-hybridized carbons (Fsp3) is 0.160. The maximum absolute atomic E-state index is 14.7. The number of nitrogens with one attached hydrogen (secondary N) is 1. The molecule has 0 aliphatic rings. The molecule has 0 spiro atoms. The number of esters is 1. The molecule has 0 heterocycles. The number of anilines is 1. The summed E-state index contributed by atoms with van der Waals surface area (Å²) >= 11 is 0. The van der Waals surface area contributed by atoms with Gasteiger partial charge in [-0.25, -0.2) is 4.79 Å². The van der Waals surface area contributed by atoms with Crippen molar-refractivity contribution in [3.05, 3.63) is 102 Å². The molecule has 30 heavy (non-hydrogen) atoms. The normalized spacial score (nSPS) is 12.1. The van der Waals surface area contributed by atoms with Gasteiger partial charge in [0.15, 0.2) is 7.14 Å². The Labute approximate surface area is 178 Å². The first-order valence-electron chi connectivity index (χ1n) is 9.90. The van der Waals surface area contributed by atoms with Gasteiger partial charge in [-0.2, -0.15) is 0 Å². The molecule has 0 fully saturated rings. The van der Waals surface area contributed by atoms with E-state index in [2.05, 4.69) is 5.32 Å². The summed E-state index contributed by atoms with van der Waals surface area (Å²) in [5.74, 6) is -0.578. The van der Waals surface area contributed by atoms with Crippen LogP contribution in [-0.2, 0) is 14.1 Å². The lowest BCUT2D eigenvalue weighted by molar-refractivity contribution is -0.137. The number of hydrogen-bond donors (Lipinski definition) is 1. The van der Waals surface area contributed by atoms with Gasteiger partial charge in [-0.15, -0.1) is 0 Å². The van der Waals surface area contributed by atoms with E-state index in [0.29, 0.717) is 16.3 Å². The van der Waals surface area contributed by atoms with Gasteiger partial charge in [0.05, 0.1) is 6.61 Å². The van der Waals surface area contributed by atoms with Gasteiger partial charge in [-0.1, -0.05) is 78.4 Å². The number of rotatable bonds is 7. The lowest BCUT2D eigenvalue weighted by Crippen LogP contribution is -2.24. The Morgan fingerprint density at radius 3 is 1.83 bits per heavy atom. The van der Waals surface area contributed by atoms with Crippen LogP contribution in [0.25, 0.3) is 0 Å². The maximum Gasteiger partial charge on any atom is 0.344 e. The van der Waals surface area contributed by atoms with Gasteiger partial charge in [-0.3, -0.25) is 0 Å². The lowest BCUT2D eigenvalue weighted by Gasteiger charge is -2.24. The Morgan fingerprint density at radius 2 is 1.37 bits per heavy atom. The van der Waals surface area contributed by atoms with Crippen molar-refractivity contribution in [3.8, 4) is 0 Å². The predicted molar refractivity (Wildman–Crippen MR) is 124 cm³/mol. The van der Waals surface area contributed by atoms with Gasteiger partial charge >= 0.3 is 5.97 Å². The highest BCUT2D eigenvalue weighted by atomic mass is 31.2. The quantitative estimate of drug-likeness (QED) is 0.324. The second-order valence-corrected chi connectivity index (χ2v) is 9.66. The van der Waals surface area contributed by atoms with Crippen molar-refractivity contribution < 1.29 is 14.1 Å². The topological polar surface area (TPSA) is 55.4 Å². The molecule has 3 aromatic rings. The third-order valence-electron chi connectivity index (χ3n) is 4.76. The molecular weight excluding hydrogens is 393 g/mol. The van der Waals surface area contributed by atoms with Crippen molar-refractivity contribution in [1.29, 1.82) is 0 Å². The average molecular weight is 419 g/mol. The van der Waals surface area contributed by atoms with E-state index < -0.39 is 13.1 Å². The highest BCUT2D eigenvalue weighted by molar-refractivity contribution is 7.83. The molecule has 0 radical (unpaired) electrons. The number of allylic oxidation sites excluding steroid dienone is 1. The first-order chi connectivity index (χ1) is 14.5. The Morgan fingerprint density at radius 1 is 0.867 bits per heavy atom. The lowest BCUT2D eigenvalue weighted by atomic mass is 10.2. The van der Waals surface area contributed by atoms with Crippen molar-refractivity contribution in [1.82, 2.24) is 0 Å². The van der Waals surface area contributed by atoms with Crippen LogP contribution >= 0.6 is 7.14 Å². The van der Waals surface area contributed by atoms with E-state index in [0.717, 1.165) is 11.3 Å². The summed E-state index contributed by atoms with van der Waals surface area (Å²) in [6, 6.07) is 26.1. The molecule has 0 aromatic heterocycles. The first-order valence-corrected chi connectivity index (χ1v) is 11.6. The molecule has 4 nitrogen and oxygen atoms in total. The zero-order valence-electron chi connectivity index (χ0n) is 17.5. The Bertz CT molecular complexity index is 1030. The molecule has 0 saturated heterocycles. The molecule has 1 N–H and O–H groups in total. The molecule has 3 rings (SSSR count).